The Hall–Kier alpha value is -2.28. The number of halogens is 2. The van der Waals surface area contributed by atoms with Crippen LogP contribution in [0, 0.1) is 24.0 Å². The normalized spacial score (nSPS) is 23.3. The van der Waals surface area contributed by atoms with E-state index in [1.807, 2.05) is 11.8 Å². The standard InChI is InChI=1S/C20H24F2N4O/c1-14-16(10-23-24-14)19(27)26-9-7-20(13-26)6-3-8-25(12-20)11-15-4-2-5-17(21)18(15)22/h2,4-5,10H,3,6-9,11-13H2,1H3,(H,23,24)/t20-/m1/s1. The minimum atomic E-state index is -0.799. The van der Waals surface area contributed by atoms with Crippen molar-refractivity contribution in [2.75, 3.05) is 26.2 Å². The largest absolute Gasteiger partial charge is 0.338 e. The Labute approximate surface area is 157 Å². The number of aryl methyl sites for hydroxylation is 1. The van der Waals surface area contributed by atoms with E-state index in [0.717, 1.165) is 50.7 Å². The second kappa shape index (κ2) is 7.03. The summed E-state index contributed by atoms with van der Waals surface area (Å²) in [4.78, 5) is 16.9. The number of likely N-dealkylation sites (tertiary alicyclic amines) is 2. The van der Waals surface area contributed by atoms with Gasteiger partial charge in [0, 0.05) is 42.9 Å². The maximum Gasteiger partial charge on any atom is 0.257 e. The molecule has 144 valence electrons. The molecule has 27 heavy (non-hydrogen) atoms. The van der Waals surface area contributed by atoms with Crippen LogP contribution in [0.25, 0.3) is 0 Å². The Morgan fingerprint density at radius 2 is 2.11 bits per heavy atom. The van der Waals surface area contributed by atoms with Crippen LogP contribution in [0.2, 0.25) is 0 Å². The predicted octanol–water partition coefficient (Wildman–Crippen LogP) is 3.12. The summed E-state index contributed by atoms with van der Waals surface area (Å²) < 4.78 is 27.5. The minimum absolute atomic E-state index is 0.0198. The molecular formula is C20H24F2N4O. The second-order valence-corrected chi connectivity index (χ2v) is 7.91. The van der Waals surface area contributed by atoms with Crippen LogP contribution in [0.3, 0.4) is 0 Å². The first-order chi connectivity index (χ1) is 13.0. The quantitative estimate of drug-likeness (QED) is 0.898. The molecule has 1 aromatic carbocycles. The van der Waals surface area contributed by atoms with E-state index in [1.54, 1.807) is 18.3 Å². The summed E-state index contributed by atoms with van der Waals surface area (Å²) in [6.07, 6.45) is 4.59. The fourth-order valence-corrected chi connectivity index (χ4v) is 4.53. The predicted molar refractivity (Wildman–Crippen MR) is 97.1 cm³/mol. The SMILES string of the molecule is Cc1[nH]ncc1C(=O)N1CC[C@@]2(CCCN(Cc3cccc(F)c3F)C2)C1. The number of hydrogen-bond acceptors (Lipinski definition) is 3. The highest BCUT2D eigenvalue weighted by Crippen LogP contribution is 2.40. The van der Waals surface area contributed by atoms with Gasteiger partial charge in [-0.2, -0.15) is 5.10 Å². The summed E-state index contributed by atoms with van der Waals surface area (Å²) in [5.41, 5.74) is 1.84. The highest BCUT2D eigenvalue weighted by atomic mass is 19.2. The molecule has 2 aromatic rings. The molecule has 1 aromatic heterocycles. The zero-order chi connectivity index (χ0) is 19.0. The fraction of sp³-hybridized carbons (Fsp3) is 0.500. The Morgan fingerprint density at radius 1 is 1.26 bits per heavy atom. The van der Waals surface area contributed by atoms with Crippen molar-refractivity contribution in [3.63, 3.8) is 0 Å². The van der Waals surface area contributed by atoms with E-state index in [2.05, 4.69) is 15.1 Å². The van der Waals surface area contributed by atoms with Gasteiger partial charge in [0.15, 0.2) is 11.6 Å². The van der Waals surface area contributed by atoms with Gasteiger partial charge in [0.05, 0.1) is 11.8 Å². The van der Waals surface area contributed by atoms with Gasteiger partial charge in [0.1, 0.15) is 0 Å². The zero-order valence-electron chi connectivity index (χ0n) is 15.5. The minimum Gasteiger partial charge on any atom is -0.338 e. The van der Waals surface area contributed by atoms with E-state index in [9.17, 15) is 13.6 Å². The van der Waals surface area contributed by atoms with Crippen molar-refractivity contribution in [1.29, 1.82) is 0 Å². The monoisotopic (exact) mass is 374 g/mol. The fourth-order valence-electron chi connectivity index (χ4n) is 4.53. The van der Waals surface area contributed by atoms with E-state index in [1.165, 1.54) is 0 Å². The third-order valence-corrected chi connectivity index (χ3v) is 5.95. The lowest BCUT2D eigenvalue weighted by Crippen LogP contribution is -2.45. The number of nitrogens with one attached hydrogen (secondary N) is 1. The van der Waals surface area contributed by atoms with Crippen LogP contribution in [-0.4, -0.2) is 52.1 Å². The molecular weight excluding hydrogens is 350 g/mol. The molecule has 0 bridgehead atoms. The highest BCUT2D eigenvalue weighted by Gasteiger charge is 2.43. The maximum atomic E-state index is 14.0. The van der Waals surface area contributed by atoms with Gasteiger partial charge in [-0.3, -0.25) is 14.8 Å². The lowest BCUT2D eigenvalue weighted by Gasteiger charge is -2.40. The Balaban J connectivity index is 1.44. The van der Waals surface area contributed by atoms with Gasteiger partial charge in [-0.1, -0.05) is 12.1 Å². The number of carbonyl (C=O) groups is 1. The molecule has 0 aliphatic carbocycles. The van der Waals surface area contributed by atoms with E-state index in [4.69, 9.17) is 0 Å². The summed E-state index contributed by atoms with van der Waals surface area (Å²) in [7, 11) is 0. The van der Waals surface area contributed by atoms with Crippen LogP contribution in [0.4, 0.5) is 8.78 Å². The zero-order valence-corrected chi connectivity index (χ0v) is 15.5. The van der Waals surface area contributed by atoms with Gasteiger partial charge >= 0.3 is 0 Å². The number of amides is 1. The molecule has 0 radical (unpaired) electrons. The van der Waals surface area contributed by atoms with E-state index in [-0.39, 0.29) is 11.3 Å². The Bertz CT molecular complexity index is 852. The highest BCUT2D eigenvalue weighted by molar-refractivity contribution is 5.95. The number of benzene rings is 1. The van der Waals surface area contributed by atoms with Gasteiger partial charge in [-0.25, -0.2) is 8.78 Å². The Kier molecular flexibility index (Phi) is 4.72. The van der Waals surface area contributed by atoms with Crippen LogP contribution in [0.5, 0.6) is 0 Å². The number of carbonyl (C=O) groups excluding carboxylic acids is 1. The van der Waals surface area contributed by atoms with Crippen molar-refractivity contribution in [2.24, 2.45) is 5.41 Å². The van der Waals surface area contributed by atoms with Crippen LogP contribution in [0.1, 0.15) is 40.9 Å². The maximum absolute atomic E-state index is 14.0. The number of piperidine rings is 1. The topological polar surface area (TPSA) is 52.2 Å². The summed E-state index contributed by atoms with van der Waals surface area (Å²) in [6, 6.07) is 4.34. The summed E-state index contributed by atoms with van der Waals surface area (Å²) in [5.74, 6) is -1.53. The van der Waals surface area contributed by atoms with Gasteiger partial charge < -0.3 is 4.90 Å². The second-order valence-electron chi connectivity index (χ2n) is 7.91. The van der Waals surface area contributed by atoms with Gasteiger partial charge in [0.2, 0.25) is 0 Å². The van der Waals surface area contributed by atoms with Crippen LogP contribution >= 0.6 is 0 Å². The average molecular weight is 374 g/mol. The van der Waals surface area contributed by atoms with E-state index < -0.39 is 11.6 Å². The number of rotatable bonds is 3. The Morgan fingerprint density at radius 3 is 2.89 bits per heavy atom. The summed E-state index contributed by atoms with van der Waals surface area (Å²) >= 11 is 0. The van der Waals surface area contributed by atoms with Gasteiger partial charge in [0.25, 0.3) is 5.91 Å². The molecule has 1 amide bonds. The van der Waals surface area contributed by atoms with Crippen LogP contribution in [0.15, 0.2) is 24.4 Å². The molecule has 2 aliphatic rings. The van der Waals surface area contributed by atoms with Crippen molar-refractivity contribution in [3.8, 4) is 0 Å². The molecule has 5 nitrogen and oxygen atoms in total. The molecule has 7 heteroatoms. The molecule has 2 saturated heterocycles. The van der Waals surface area contributed by atoms with Crippen molar-refractivity contribution in [3.05, 3.63) is 52.9 Å². The molecule has 2 fully saturated rings. The van der Waals surface area contributed by atoms with Crippen molar-refractivity contribution in [2.45, 2.75) is 32.7 Å². The first-order valence-corrected chi connectivity index (χ1v) is 9.42. The number of aromatic amines is 1. The molecule has 2 aliphatic heterocycles. The lowest BCUT2D eigenvalue weighted by molar-refractivity contribution is 0.0672. The number of H-pyrrole nitrogens is 1. The van der Waals surface area contributed by atoms with Crippen LogP contribution in [-0.2, 0) is 6.54 Å². The van der Waals surface area contributed by atoms with E-state index >= 15 is 0 Å². The third-order valence-electron chi connectivity index (χ3n) is 5.95. The molecule has 0 saturated carbocycles. The average Bonchev–Trinajstić information content (AvgIpc) is 3.25. The van der Waals surface area contributed by atoms with Crippen molar-refractivity contribution in [1.82, 2.24) is 20.0 Å². The number of aromatic nitrogens is 2. The first kappa shape index (κ1) is 18.1. The smallest absolute Gasteiger partial charge is 0.257 e. The summed E-state index contributed by atoms with van der Waals surface area (Å²) in [6.45, 7) is 5.36. The van der Waals surface area contributed by atoms with Crippen LogP contribution < -0.4 is 0 Å². The molecule has 1 spiro atoms. The molecule has 4 rings (SSSR count). The number of nitrogens with zero attached hydrogens (tertiary/aromatic N) is 3. The molecule has 3 heterocycles. The molecule has 0 unspecified atom stereocenters. The van der Waals surface area contributed by atoms with Gasteiger partial charge in [-0.05, 0) is 38.8 Å². The van der Waals surface area contributed by atoms with Crippen molar-refractivity contribution >= 4 is 5.91 Å². The summed E-state index contributed by atoms with van der Waals surface area (Å²) in [5, 5.41) is 6.76. The van der Waals surface area contributed by atoms with Crippen molar-refractivity contribution < 1.29 is 13.6 Å². The van der Waals surface area contributed by atoms with Gasteiger partial charge in [-0.15, -0.1) is 0 Å². The lowest BCUT2D eigenvalue weighted by atomic mass is 9.79. The molecule has 1 atom stereocenters. The first-order valence-electron chi connectivity index (χ1n) is 9.42. The number of hydrogen-bond donors (Lipinski definition) is 1. The third kappa shape index (κ3) is 3.48. The van der Waals surface area contributed by atoms with E-state index in [0.29, 0.717) is 24.2 Å². The molecule has 1 N–H and O–H groups in total.